The van der Waals surface area contributed by atoms with Gasteiger partial charge >= 0.3 is 0 Å². The first-order valence-electron chi connectivity index (χ1n) is 5.44. The number of benzene rings is 2. The van der Waals surface area contributed by atoms with Crippen molar-refractivity contribution in [1.82, 2.24) is 0 Å². The average Bonchev–Trinajstić information content (AvgIpc) is 2.41. The van der Waals surface area contributed by atoms with Crippen LogP contribution in [0.15, 0.2) is 40.9 Å². The second-order valence-corrected chi connectivity index (χ2v) is 4.63. The van der Waals surface area contributed by atoms with Gasteiger partial charge in [-0.05, 0) is 46.3 Å². The summed E-state index contributed by atoms with van der Waals surface area (Å²) in [5, 5.41) is 12.0. The van der Waals surface area contributed by atoms with Gasteiger partial charge in [-0.2, -0.15) is 5.26 Å². The second kappa shape index (κ2) is 5.72. The predicted molar refractivity (Wildman–Crippen MR) is 75.1 cm³/mol. The topological polar surface area (TPSA) is 45.0 Å². The van der Waals surface area contributed by atoms with Crippen LogP contribution in [0.2, 0.25) is 0 Å². The number of methoxy groups -OCH3 is 1. The van der Waals surface area contributed by atoms with E-state index in [1.54, 1.807) is 24.3 Å². The monoisotopic (exact) mass is 320 g/mol. The number of anilines is 2. The molecule has 1 N–H and O–H groups in total. The molecular formula is C14H10BrFN2O. The van der Waals surface area contributed by atoms with Crippen LogP contribution in [0.4, 0.5) is 15.8 Å². The fourth-order valence-corrected chi connectivity index (χ4v) is 2.07. The van der Waals surface area contributed by atoms with Gasteiger partial charge in [0.05, 0.1) is 18.4 Å². The maximum Gasteiger partial charge on any atom is 0.145 e. The Kier molecular flexibility index (Phi) is 4.03. The molecule has 2 rings (SSSR count). The van der Waals surface area contributed by atoms with Crippen LogP contribution in [0, 0.1) is 17.1 Å². The van der Waals surface area contributed by atoms with Crippen molar-refractivity contribution in [3.05, 3.63) is 52.3 Å². The largest absolute Gasteiger partial charge is 0.494 e. The molecule has 0 radical (unpaired) electrons. The number of ether oxygens (including phenoxy) is 1. The fourth-order valence-electron chi connectivity index (χ4n) is 1.61. The van der Waals surface area contributed by atoms with E-state index in [1.165, 1.54) is 19.2 Å². The van der Waals surface area contributed by atoms with E-state index in [4.69, 9.17) is 10.00 Å². The summed E-state index contributed by atoms with van der Waals surface area (Å²) in [5.74, 6) is 0.0592. The zero-order chi connectivity index (χ0) is 13.8. The van der Waals surface area contributed by atoms with Gasteiger partial charge in [-0.25, -0.2) is 4.39 Å². The molecule has 0 amide bonds. The number of nitriles is 1. The molecule has 0 saturated heterocycles. The van der Waals surface area contributed by atoms with Crippen LogP contribution in [-0.2, 0) is 0 Å². The maximum atomic E-state index is 13.1. The highest BCUT2D eigenvalue weighted by Gasteiger charge is 2.06. The van der Waals surface area contributed by atoms with E-state index >= 15 is 0 Å². The van der Waals surface area contributed by atoms with Crippen molar-refractivity contribution in [3.8, 4) is 11.8 Å². The zero-order valence-corrected chi connectivity index (χ0v) is 11.7. The molecular weight excluding hydrogens is 311 g/mol. The fraction of sp³-hybridized carbons (Fsp3) is 0.0714. The molecule has 0 aliphatic carbocycles. The van der Waals surface area contributed by atoms with Crippen LogP contribution in [0.25, 0.3) is 0 Å². The van der Waals surface area contributed by atoms with Crippen LogP contribution in [0.5, 0.6) is 5.75 Å². The Morgan fingerprint density at radius 3 is 2.68 bits per heavy atom. The lowest BCUT2D eigenvalue weighted by Gasteiger charge is -2.11. The molecule has 0 aromatic heterocycles. The molecule has 2 aromatic carbocycles. The van der Waals surface area contributed by atoms with E-state index < -0.39 is 0 Å². The van der Waals surface area contributed by atoms with E-state index in [2.05, 4.69) is 27.3 Å². The van der Waals surface area contributed by atoms with Gasteiger partial charge in [0.15, 0.2) is 0 Å². The third-order valence-corrected chi connectivity index (χ3v) is 3.19. The van der Waals surface area contributed by atoms with E-state index in [-0.39, 0.29) is 5.82 Å². The normalized spacial score (nSPS) is 9.79. The van der Waals surface area contributed by atoms with Crippen molar-refractivity contribution >= 4 is 27.3 Å². The van der Waals surface area contributed by atoms with Crippen molar-refractivity contribution in [2.75, 3.05) is 12.4 Å². The Balaban J connectivity index is 2.31. The first kappa shape index (κ1) is 13.4. The number of hydrogen-bond donors (Lipinski definition) is 1. The van der Waals surface area contributed by atoms with Crippen molar-refractivity contribution in [2.45, 2.75) is 0 Å². The smallest absolute Gasteiger partial charge is 0.145 e. The molecule has 5 heteroatoms. The molecule has 0 aliphatic heterocycles. The summed E-state index contributed by atoms with van der Waals surface area (Å²) in [6.07, 6.45) is 0. The van der Waals surface area contributed by atoms with Gasteiger partial charge in [0.2, 0.25) is 0 Å². The summed E-state index contributed by atoms with van der Waals surface area (Å²) in [6, 6.07) is 11.6. The summed E-state index contributed by atoms with van der Waals surface area (Å²) >= 11 is 3.31. The number of rotatable bonds is 3. The molecule has 3 nitrogen and oxygen atoms in total. The molecule has 0 fully saturated rings. The minimum atomic E-state index is -0.358. The van der Waals surface area contributed by atoms with Crippen LogP contribution in [0.1, 0.15) is 5.56 Å². The van der Waals surface area contributed by atoms with E-state index in [0.29, 0.717) is 21.5 Å². The summed E-state index contributed by atoms with van der Waals surface area (Å²) in [4.78, 5) is 0. The standard InChI is InChI=1S/C14H10BrFN2O/c1-19-14-6-10(16)3-5-13(14)18-11-4-2-9(8-17)12(15)7-11/h2-7,18H,1H3. The highest BCUT2D eigenvalue weighted by molar-refractivity contribution is 9.10. The Bertz CT molecular complexity index is 652. The second-order valence-electron chi connectivity index (χ2n) is 3.78. The van der Waals surface area contributed by atoms with Gasteiger partial charge in [0.25, 0.3) is 0 Å². The molecule has 0 bridgehead atoms. The molecule has 19 heavy (non-hydrogen) atoms. The van der Waals surface area contributed by atoms with Crippen LogP contribution < -0.4 is 10.1 Å². The number of nitrogens with zero attached hydrogens (tertiary/aromatic N) is 1. The minimum absolute atomic E-state index is 0.358. The van der Waals surface area contributed by atoms with Crippen LogP contribution in [-0.4, -0.2) is 7.11 Å². The lowest BCUT2D eigenvalue weighted by molar-refractivity contribution is 0.413. The summed E-state index contributed by atoms with van der Waals surface area (Å²) in [5.41, 5.74) is 1.98. The van der Waals surface area contributed by atoms with Gasteiger partial charge in [-0.3, -0.25) is 0 Å². The average molecular weight is 321 g/mol. The predicted octanol–water partition coefficient (Wildman–Crippen LogP) is 4.21. The number of nitrogens with one attached hydrogen (secondary N) is 1. The van der Waals surface area contributed by atoms with Crippen molar-refractivity contribution < 1.29 is 9.13 Å². The molecule has 0 unspecified atom stereocenters. The molecule has 2 aromatic rings. The first-order chi connectivity index (χ1) is 9.13. The van der Waals surface area contributed by atoms with Gasteiger partial charge in [0, 0.05) is 16.2 Å². The third-order valence-electron chi connectivity index (χ3n) is 2.53. The molecule has 0 aliphatic rings. The van der Waals surface area contributed by atoms with Gasteiger partial charge in [-0.15, -0.1) is 0 Å². The lowest BCUT2D eigenvalue weighted by atomic mass is 10.2. The van der Waals surface area contributed by atoms with Crippen molar-refractivity contribution in [1.29, 1.82) is 5.26 Å². The number of hydrogen-bond acceptors (Lipinski definition) is 3. The quantitative estimate of drug-likeness (QED) is 0.921. The SMILES string of the molecule is COc1cc(F)ccc1Nc1ccc(C#N)c(Br)c1. The first-order valence-corrected chi connectivity index (χ1v) is 6.23. The van der Waals surface area contributed by atoms with Gasteiger partial charge in [0.1, 0.15) is 17.6 Å². The van der Waals surface area contributed by atoms with Crippen LogP contribution >= 0.6 is 15.9 Å². The number of halogens is 2. The van der Waals surface area contributed by atoms with E-state index in [1.807, 2.05) is 0 Å². The third kappa shape index (κ3) is 3.04. The van der Waals surface area contributed by atoms with E-state index in [9.17, 15) is 4.39 Å². The maximum absolute atomic E-state index is 13.1. The molecule has 0 heterocycles. The lowest BCUT2D eigenvalue weighted by Crippen LogP contribution is -1.95. The van der Waals surface area contributed by atoms with Crippen molar-refractivity contribution in [2.24, 2.45) is 0 Å². The Morgan fingerprint density at radius 1 is 1.26 bits per heavy atom. The van der Waals surface area contributed by atoms with Crippen LogP contribution in [0.3, 0.4) is 0 Å². The summed E-state index contributed by atoms with van der Waals surface area (Å²) in [6.45, 7) is 0. The molecule has 0 atom stereocenters. The van der Waals surface area contributed by atoms with E-state index in [0.717, 1.165) is 5.69 Å². The Hall–Kier alpha value is -2.06. The highest BCUT2D eigenvalue weighted by Crippen LogP contribution is 2.30. The molecule has 0 saturated carbocycles. The summed E-state index contributed by atoms with van der Waals surface area (Å²) in [7, 11) is 1.48. The van der Waals surface area contributed by atoms with Gasteiger partial charge < -0.3 is 10.1 Å². The Morgan fingerprint density at radius 2 is 2.05 bits per heavy atom. The van der Waals surface area contributed by atoms with Gasteiger partial charge in [-0.1, -0.05) is 0 Å². The molecule has 0 spiro atoms. The molecule has 96 valence electrons. The minimum Gasteiger partial charge on any atom is -0.494 e. The zero-order valence-electron chi connectivity index (χ0n) is 10.1. The van der Waals surface area contributed by atoms with Crippen molar-refractivity contribution in [3.63, 3.8) is 0 Å². The Labute approximate surface area is 118 Å². The highest BCUT2D eigenvalue weighted by atomic mass is 79.9. The summed E-state index contributed by atoms with van der Waals surface area (Å²) < 4.78 is 18.9.